The molecule has 2 aromatic carbocycles. The van der Waals surface area contributed by atoms with Crippen LogP contribution in [0.4, 0.5) is 5.69 Å². The summed E-state index contributed by atoms with van der Waals surface area (Å²) >= 11 is 0. The quantitative estimate of drug-likeness (QED) is 0.727. The van der Waals surface area contributed by atoms with Crippen LogP contribution in [0, 0.1) is 13.8 Å². The van der Waals surface area contributed by atoms with Gasteiger partial charge in [-0.1, -0.05) is 24.3 Å². The highest BCUT2D eigenvalue weighted by atomic mass is 16.5. The Morgan fingerprint density at radius 1 is 1.07 bits per heavy atom. The standard InChI is InChI=1S/C24H27N3O2/c1-16-4-5-20-15-22(18(3)25-23(20)14-16)24(28)26-17(2)19-6-8-21(9-7-19)27-10-12-29-13-11-27/h4-9,14-15,17H,10-13H2,1-3H3,(H,26,28). The number of morpholine rings is 1. The number of carbonyl (C=O) groups excluding carboxylic acids is 1. The van der Waals surface area contributed by atoms with Crippen LogP contribution >= 0.6 is 0 Å². The number of carbonyl (C=O) groups is 1. The highest BCUT2D eigenvalue weighted by Crippen LogP contribution is 2.22. The van der Waals surface area contributed by atoms with Crippen molar-refractivity contribution in [3.63, 3.8) is 0 Å². The lowest BCUT2D eigenvalue weighted by atomic mass is 10.0. The maximum atomic E-state index is 12.9. The van der Waals surface area contributed by atoms with Crippen LogP contribution < -0.4 is 10.2 Å². The Balaban J connectivity index is 1.48. The molecule has 5 nitrogen and oxygen atoms in total. The van der Waals surface area contributed by atoms with Crippen LogP contribution in [0.5, 0.6) is 0 Å². The molecule has 2 heterocycles. The van der Waals surface area contributed by atoms with Crippen molar-refractivity contribution in [3.05, 3.63) is 70.9 Å². The Labute approximate surface area is 171 Å². The van der Waals surface area contributed by atoms with Crippen molar-refractivity contribution in [1.82, 2.24) is 10.3 Å². The van der Waals surface area contributed by atoms with Gasteiger partial charge >= 0.3 is 0 Å². The molecule has 1 atom stereocenters. The van der Waals surface area contributed by atoms with Crippen molar-refractivity contribution in [2.24, 2.45) is 0 Å². The molecule has 1 aliphatic rings. The Hall–Kier alpha value is -2.92. The van der Waals surface area contributed by atoms with Gasteiger partial charge in [0.2, 0.25) is 0 Å². The number of rotatable bonds is 4. The molecule has 1 aliphatic heterocycles. The molecule has 1 aromatic heterocycles. The summed E-state index contributed by atoms with van der Waals surface area (Å²) in [5.74, 6) is -0.0952. The number of nitrogens with one attached hydrogen (secondary N) is 1. The second-order valence-electron chi connectivity index (χ2n) is 7.70. The maximum Gasteiger partial charge on any atom is 0.253 e. The van der Waals surface area contributed by atoms with E-state index in [1.165, 1.54) is 5.69 Å². The third-order valence-electron chi connectivity index (χ3n) is 5.53. The zero-order valence-corrected chi connectivity index (χ0v) is 17.2. The molecular formula is C24H27N3O2. The van der Waals surface area contributed by atoms with Gasteiger partial charge in [0.1, 0.15) is 0 Å². The molecule has 1 N–H and O–H groups in total. The molecule has 0 spiro atoms. The van der Waals surface area contributed by atoms with E-state index in [-0.39, 0.29) is 11.9 Å². The van der Waals surface area contributed by atoms with E-state index in [1.807, 2.05) is 45.0 Å². The fourth-order valence-corrected chi connectivity index (χ4v) is 3.76. The first-order chi connectivity index (χ1) is 14.0. The number of fused-ring (bicyclic) bond motifs is 1. The lowest BCUT2D eigenvalue weighted by molar-refractivity contribution is 0.0939. The molecule has 29 heavy (non-hydrogen) atoms. The number of ether oxygens (including phenoxy) is 1. The van der Waals surface area contributed by atoms with Gasteiger partial charge < -0.3 is 15.0 Å². The van der Waals surface area contributed by atoms with Crippen LogP contribution in [0.1, 0.15) is 40.1 Å². The van der Waals surface area contributed by atoms with E-state index >= 15 is 0 Å². The summed E-state index contributed by atoms with van der Waals surface area (Å²) in [5, 5.41) is 4.10. The second-order valence-corrected chi connectivity index (χ2v) is 7.70. The zero-order chi connectivity index (χ0) is 20.4. The molecule has 4 rings (SSSR count). The predicted molar refractivity (Wildman–Crippen MR) is 117 cm³/mol. The minimum absolute atomic E-state index is 0.0886. The SMILES string of the molecule is Cc1ccc2cc(C(=O)NC(C)c3ccc(N4CCOCC4)cc3)c(C)nc2c1. The summed E-state index contributed by atoms with van der Waals surface area (Å²) in [6.45, 7) is 9.31. The lowest BCUT2D eigenvalue weighted by Gasteiger charge is -2.29. The van der Waals surface area contributed by atoms with Gasteiger partial charge in [0.15, 0.2) is 0 Å². The third kappa shape index (κ3) is 4.25. The Morgan fingerprint density at radius 3 is 2.52 bits per heavy atom. The summed E-state index contributed by atoms with van der Waals surface area (Å²) in [5.41, 5.74) is 5.73. The van der Waals surface area contributed by atoms with Gasteiger partial charge in [-0.3, -0.25) is 9.78 Å². The number of amides is 1. The van der Waals surface area contributed by atoms with E-state index in [4.69, 9.17) is 4.74 Å². The molecule has 1 fully saturated rings. The molecule has 0 bridgehead atoms. The normalized spacial score (nSPS) is 15.3. The van der Waals surface area contributed by atoms with E-state index in [9.17, 15) is 4.79 Å². The average Bonchev–Trinajstić information content (AvgIpc) is 2.73. The molecular weight excluding hydrogens is 362 g/mol. The van der Waals surface area contributed by atoms with Gasteiger partial charge in [-0.2, -0.15) is 0 Å². The smallest absolute Gasteiger partial charge is 0.253 e. The van der Waals surface area contributed by atoms with E-state index in [0.717, 1.165) is 54.0 Å². The number of pyridine rings is 1. The summed E-state index contributed by atoms with van der Waals surface area (Å²) in [6.07, 6.45) is 0. The van der Waals surface area contributed by atoms with E-state index in [1.54, 1.807) is 0 Å². The summed E-state index contributed by atoms with van der Waals surface area (Å²) in [6, 6.07) is 16.4. The first-order valence-electron chi connectivity index (χ1n) is 10.1. The van der Waals surface area contributed by atoms with Crippen LogP contribution in [-0.4, -0.2) is 37.2 Å². The molecule has 0 aliphatic carbocycles. The lowest BCUT2D eigenvalue weighted by Crippen LogP contribution is -2.36. The van der Waals surface area contributed by atoms with E-state index < -0.39 is 0 Å². The van der Waals surface area contributed by atoms with Crippen molar-refractivity contribution in [1.29, 1.82) is 0 Å². The van der Waals surface area contributed by atoms with Crippen LogP contribution in [-0.2, 0) is 4.74 Å². The van der Waals surface area contributed by atoms with Gasteiger partial charge in [-0.15, -0.1) is 0 Å². The minimum atomic E-state index is -0.0952. The topological polar surface area (TPSA) is 54.5 Å². The number of aryl methyl sites for hydroxylation is 2. The van der Waals surface area contributed by atoms with E-state index in [0.29, 0.717) is 5.56 Å². The monoisotopic (exact) mass is 389 g/mol. The fourth-order valence-electron chi connectivity index (χ4n) is 3.76. The number of hydrogen-bond acceptors (Lipinski definition) is 4. The molecule has 1 amide bonds. The van der Waals surface area contributed by atoms with Gasteiger partial charge in [0.25, 0.3) is 5.91 Å². The van der Waals surface area contributed by atoms with Crippen molar-refractivity contribution in [3.8, 4) is 0 Å². The Morgan fingerprint density at radius 2 is 1.79 bits per heavy atom. The van der Waals surface area contributed by atoms with Gasteiger partial charge in [0.05, 0.1) is 36.0 Å². The number of anilines is 1. The molecule has 1 unspecified atom stereocenters. The Kier molecular flexibility index (Phi) is 5.49. The highest BCUT2D eigenvalue weighted by Gasteiger charge is 2.16. The molecule has 150 valence electrons. The summed E-state index contributed by atoms with van der Waals surface area (Å²) in [7, 11) is 0. The summed E-state index contributed by atoms with van der Waals surface area (Å²) < 4.78 is 5.42. The van der Waals surface area contributed by atoms with Crippen molar-refractivity contribution < 1.29 is 9.53 Å². The molecule has 5 heteroatoms. The van der Waals surface area contributed by atoms with Crippen LogP contribution in [0.3, 0.4) is 0 Å². The molecule has 0 radical (unpaired) electrons. The van der Waals surface area contributed by atoms with Gasteiger partial charge in [-0.25, -0.2) is 0 Å². The van der Waals surface area contributed by atoms with Crippen molar-refractivity contribution >= 4 is 22.5 Å². The molecule has 0 saturated carbocycles. The largest absolute Gasteiger partial charge is 0.378 e. The highest BCUT2D eigenvalue weighted by molar-refractivity contribution is 5.98. The van der Waals surface area contributed by atoms with Crippen LogP contribution in [0.25, 0.3) is 10.9 Å². The van der Waals surface area contributed by atoms with Crippen molar-refractivity contribution in [2.75, 3.05) is 31.2 Å². The second kappa shape index (κ2) is 8.21. The first-order valence-corrected chi connectivity index (χ1v) is 10.1. The van der Waals surface area contributed by atoms with Gasteiger partial charge in [-0.05, 0) is 56.2 Å². The summed E-state index contributed by atoms with van der Waals surface area (Å²) in [4.78, 5) is 19.8. The van der Waals surface area contributed by atoms with Crippen molar-refractivity contribution in [2.45, 2.75) is 26.8 Å². The predicted octanol–water partition coefficient (Wildman–Crippen LogP) is 4.18. The first kappa shape index (κ1) is 19.4. The number of hydrogen-bond donors (Lipinski definition) is 1. The van der Waals surface area contributed by atoms with Crippen LogP contribution in [0.2, 0.25) is 0 Å². The fraction of sp³-hybridized carbons (Fsp3) is 0.333. The number of benzene rings is 2. The van der Waals surface area contributed by atoms with E-state index in [2.05, 4.69) is 39.5 Å². The van der Waals surface area contributed by atoms with Crippen LogP contribution in [0.15, 0.2) is 48.5 Å². The minimum Gasteiger partial charge on any atom is -0.378 e. The number of aromatic nitrogens is 1. The molecule has 3 aromatic rings. The number of nitrogens with zero attached hydrogens (tertiary/aromatic N) is 2. The zero-order valence-electron chi connectivity index (χ0n) is 17.2. The maximum absolute atomic E-state index is 12.9. The van der Waals surface area contributed by atoms with Gasteiger partial charge in [0, 0.05) is 24.2 Å². The Bertz CT molecular complexity index is 1020. The molecule has 1 saturated heterocycles. The average molecular weight is 389 g/mol. The third-order valence-corrected chi connectivity index (χ3v) is 5.53.